The molecule has 0 heterocycles. The average molecular weight is 550 g/mol. The van der Waals surface area contributed by atoms with Gasteiger partial charge in [0.25, 0.3) is 10.0 Å². The molecule has 0 spiro atoms. The number of carbonyl (C=O) groups excluding carboxylic acids is 2. The van der Waals surface area contributed by atoms with E-state index in [1.165, 1.54) is 9.21 Å². The minimum Gasteiger partial charge on any atom is -0.355 e. The monoisotopic (exact) mass is 549 g/mol. The Hall–Kier alpha value is -3.65. The summed E-state index contributed by atoms with van der Waals surface area (Å²) in [6.45, 7) is 11.4. The van der Waals surface area contributed by atoms with E-state index in [0.29, 0.717) is 18.7 Å². The van der Waals surface area contributed by atoms with Crippen molar-refractivity contribution in [2.24, 2.45) is 0 Å². The maximum atomic E-state index is 14.1. The van der Waals surface area contributed by atoms with Crippen LogP contribution in [0, 0.1) is 27.7 Å². The number of hydrogen-bond donors (Lipinski definition) is 1. The molecule has 3 rings (SSSR count). The summed E-state index contributed by atoms with van der Waals surface area (Å²) >= 11 is 0. The van der Waals surface area contributed by atoms with Crippen LogP contribution < -0.4 is 9.62 Å². The Morgan fingerprint density at radius 3 is 2.10 bits per heavy atom. The Kier molecular flexibility index (Phi) is 9.92. The van der Waals surface area contributed by atoms with Crippen LogP contribution in [0.15, 0.2) is 71.6 Å². The predicted octanol–water partition coefficient (Wildman–Crippen LogP) is 5.06. The van der Waals surface area contributed by atoms with Crippen LogP contribution >= 0.6 is 0 Å². The third-order valence-electron chi connectivity index (χ3n) is 7.07. The summed E-state index contributed by atoms with van der Waals surface area (Å²) < 4.78 is 29.2. The van der Waals surface area contributed by atoms with Gasteiger partial charge >= 0.3 is 0 Å². The number of hydrogen-bond acceptors (Lipinski definition) is 4. The first kappa shape index (κ1) is 29.9. The number of anilines is 1. The molecule has 0 fully saturated rings. The summed E-state index contributed by atoms with van der Waals surface area (Å²) in [6, 6.07) is 18.9. The van der Waals surface area contributed by atoms with Crippen molar-refractivity contribution < 1.29 is 18.0 Å². The molecule has 2 amide bonds. The van der Waals surface area contributed by atoms with Crippen molar-refractivity contribution in [2.75, 3.05) is 17.4 Å². The largest absolute Gasteiger partial charge is 0.355 e. The van der Waals surface area contributed by atoms with Crippen molar-refractivity contribution >= 4 is 27.5 Å². The van der Waals surface area contributed by atoms with Gasteiger partial charge in [0.2, 0.25) is 11.8 Å². The van der Waals surface area contributed by atoms with Crippen LogP contribution in [-0.2, 0) is 26.2 Å². The van der Waals surface area contributed by atoms with Gasteiger partial charge in [-0.15, -0.1) is 0 Å². The first-order chi connectivity index (χ1) is 18.5. The summed E-state index contributed by atoms with van der Waals surface area (Å²) in [5.41, 5.74) is 4.93. The third-order valence-corrected chi connectivity index (χ3v) is 8.85. The zero-order chi connectivity index (χ0) is 28.7. The normalized spacial score (nSPS) is 12.1. The maximum Gasteiger partial charge on any atom is 0.264 e. The van der Waals surface area contributed by atoms with E-state index < -0.39 is 28.5 Å². The standard InChI is InChI=1S/C31H39N3O4S/c1-7-28(31(36)32-8-2)33(20-26-14-10-9-12-24(26)5)30(35)21-34(29-15-11-13-23(4)25(29)6)39(37,38)27-18-16-22(3)17-19-27/h9-19,28H,7-8,20-21H2,1-6H3,(H,32,36)/t28-/m0/s1. The highest BCUT2D eigenvalue weighted by Gasteiger charge is 2.34. The summed E-state index contributed by atoms with van der Waals surface area (Å²) in [7, 11) is -4.10. The first-order valence-electron chi connectivity index (χ1n) is 13.3. The fraction of sp³-hybridized carbons (Fsp3) is 0.355. The zero-order valence-electron chi connectivity index (χ0n) is 23.7. The van der Waals surface area contributed by atoms with Gasteiger partial charge in [-0.1, -0.05) is 61.0 Å². The van der Waals surface area contributed by atoms with Crippen LogP contribution in [0.5, 0.6) is 0 Å². The lowest BCUT2D eigenvalue weighted by Crippen LogP contribution is -2.52. The van der Waals surface area contributed by atoms with Gasteiger partial charge in [0.15, 0.2) is 0 Å². The van der Waals surface area contributed by atoms with Crippen LogP contribution in [0.4, 0.5) is 5.69 Å². The van der Waals surface area contributed by atoms with Crippen LogP contribution in [0.1, 0.15) is 48.1 Å². The van der Waals surface area contributed by atoms with Gasteiger partial charge in [-0.05, 0) is 81.5 Å². The van der Waals surface area contributed by atoms with E-state index in [4.69, 9.17) is 0 Å². The Bertz CT molecular complexity index is 1420. The molecule has 3 aromatic carbocycles. The van der Waals surface area contributed by atoms with Crippen molar-refractivity contribution in [2.45, 2.75) is 65.4 Å². The molecule has 0 aliphatic rings. The van der Waals surface area contributed by atoms with Crippen molar-refractivity contribution in [3.63, 3.8) is 0 Å². The second-order valence-electron chi connectivity index (χ2n) is 9.81. The molecule has 1 atom stereocenters. The molecule has 0 saturated heterocycles. The number of benzene rings is 3. The number of sulfonamides is 1. The summed E-state index contributed by atoms with van der Waals surface area (Å²) in [5, 5.41) is 2.83. The smallest absolute Gasteiger partial charge is 0.264 e. The van der Waals surface area contributed by atoms with E-state index in [-0.39, 0.29) is 17.3 Å². The fourth-order valence-corrected chi connectivity index (χ4v) is 6.01. The van der Waals surface area contributed by atoms with Gasteiger partial charge in [-0.25, -0.2) is 8.42 Å². The fourth-order valence-electron chi connectivity index (χ4n) is 4.54. The van der Waals surface area contributed by atoms with E-state index in [1.54, 1.807) is 36.4 Å². The molecule has 7 nitrogen and oxygen atoms in total. The van der Waals surface area contributed by atoms with E-state index in [0.717, 1.165) is 27.8 Å². The third kappa shape index (κ3) is 6.87. The minimum atomic E-state index is -4.10. The van der Waals surface area contributed by atoms with Crippen molar-refractivity contribution in [1.29, 1.82) is 0 Å². The second kappa shape index (κ2) is 12.9. The number of aryl methyl sites for hydroxylation is 3. The Balaban J connectivity index is 2.12. The number of amides is 2. The molecule has 1 N–H and O–H groups in total. The lowest BCUT2D eigenvalue weighted by molar-refractivity contribution is -0.140. The summed E-state index contributed by atoms with van der Waals surface area (Å²) in [6.07, 6.45) is 0.387. The molecule has 208 valence electrons. The number of likely N-dealkylation sites (N-methyl/N-ethyl adjacent to an activating group) is 1. The Morgan fingerprint density at radius 2 is 1.49 bits per heavy atom. The number of carbonyl (C=O) groups is 2. The molecule has 39 heavy (non-hydrogen) atoms. The average Bonchev–Trinajstić information content (AvgIpc) is 2.90. The second-order valence-corrected chi connectivity index (χ2v) is 11.7. The van der Waals surface area contributed by atoms with Crippen molar-refractivity contribution in [3.05, 3.63) is 94.5 Å². The lowest BCUT2D eigenvalue weighted by atomic mass is 10.1. The van der Waals surface area contributed by atoms with E-state index in [9.17, 15) is 18.0 Å². The van der Waals surface area contributed by atoms with Gasteiger partial charge in [0, 0.05) is 13.1 Å². The Labute approximate surface area is 232 Å². The maximum absolute atomic E-state index is 14.1. The molecule has 3 aromatic rings. The van der Waals surface area contributed by atoms with Crippen LogP contribution in [0.2, 0.25) is 0 Å². The number of rotatable bonds is 11. The molecule has 0 aliphatic carbocycles. The molecule has 0 aliphatic heterocycles. The van der Waals surface area contributed by atoms with Crippen LogP contribution in [0.3, 0.4) is 0 Å². The Morgan fingerprint density at radius 1 is 0.846 bits per heavy atom. The number of nitrogens with one attached hydrogen (secondary N) is 1. The summed E-state index contributed by atoms with van der Waals surface area (Å²) in [4.78, 5) is 28.8. The van der Waals surface area contributed by atoms with Gasteiger partial charge in [0.05, 0.1) is 10.6 Å². The highest BCUT2D eigenvalue weighted by atomic mass is 32.2. The highest BCUT2D eigenvalue weighted by Crippen LogP contribution is 2.29. The minimum absolute atomic E-state index is 0.100. The molecule has 0 saturated carbocycles. The molecule has 0 aromatic heterocycles. The quantitative estimate of drug-likeness (QED) is 0.362. The molecule has 0 radical (unpaired) electrons. The number of nitrogens with zero attached hydrogens (tertiary/aromatic N) is 2. The highest BCUT2D eigenvalue weighted by molar-refractivity contribution is 7.92. The SMILES string of the molecule is CCNC(=O)[C@H](CC)N(Cc1ccccc1C)C(=O)CN(c1cccc(C)c1C)S(=O)(=O)c1ccc(C)cc1. The van der Waals surface area contributed by atoms with Crippen LogP contribution in [0.25, 0.3) is 0 Å². The molecule has 0 unspecified atom stereocenters. The van der Waals surface area contributed by atoms with Crippen molar-refractivity contribution in [3.8, 4) is 0 Å². The predicted molar refractivity (Wildman–Crippen MR) is 156 cm³/mol. The van der Waals surface area contributed by atoms with Gasteiger partial charge in [-0.2, -0.15) is 0 Å². The zero-order valence-corrected chi connectivity index (χ0v) is 24.5. The summed E-state index contributed by atoms with van der Waals surface area (Å²) in [5.74, 6) is -0.713. The van der Waals surface area contributed by atoms with E-state index >= 15 is 0 Å². The lowest BCUT2D eigenvalue weighted by Gasteiger charge is -2.34. The molecule has 0 bridgehead atoms. The van der Waals surface area contributed by atoms with E-state index in [1.807, 2.05) is 71.9 Å². The van der Waals surface area contributed by atoms with E-state index in [2.05, 4.69) is 5.32 Å². The van der Waals surface area contributed by atoms with Crippen molar-refractivity contribution in [1.82, 2.24) is 10.2 Å². The van der Waals surface area contributed by atoms with Gasteiger partial charge in [-0.3, -0.25) is 13.9 Å². The van der Waals surface area contributed by atoms with Gasteiger partial charge in [0.1, 0.15) is 12.6 Å². The first-order valence-corrected chi connectivity index (χ1v) is 14.7. The molecule has 8 heteroatoms. The topological polar surface area (TPSA) is 86.8 Å². The van der Waals surface area contributed by atoms with Gasteiger partial charge < -0.3 is 10.2 Å². The molecular formula is C31H39N3O4S. The molecular weight excluding hydrogens is 510 g/mol. The van der Waals surface area contributed by atoms with Crippen LogP contribution in [-0.4, -0.2) is 44.3 Å².